The molecule has 6 nitrogen and oxygen atoms in total. The lowest BCUT2D eigenvalue weighted by Gasteiger charge is -2.13. The van der Waals surface area contributed by atoms with Crippen molar-refractivity contribution < 1.29 is 19.1 Å². The highest BCUT2D eigenvalue weighted by atomic mass is 32.1. The number of para-hydroxylation sites is 1. The summed E-state index contributed by atoms with van der Waals surface area (Å²) in [5.41, 5.74) is 1.98. The molecule has 31 heavy (non-hydrogen) atoms. The molecule has 1 heterocycles. The zero-order valence-electron chi connectivity index (χ0n) is 17.9. The van der Waals surface area contributed by atoms with Crippen LogP contribution in [0, 0.1) is 0 Å². The van der Waals surface area contributed by atoms with E-state index in [1.807, 2.05) is 6.07 Å². The van der Waals surface area contributed by atoms with Crippen molar-refractivity contribution in [3.63, 3.8) is 0 Å². The molecule has 0 unspecified atom stereocenters. The van der Waals surface area contributed by atoms with E-state index in [-0.39, 0.29) is 17.0 Å². The van der Waals surface area contributed by atoms with Crippen molar-refractivity contribution in [2.45, 2.75) is 51.9 Å². The van der Waals surface area contributed by atoms with Gasteiger partial charge in [0.25, 0.3) is 5.91 Å². The van der Waals surface area contributed by atoms with Gasteiger partial charge in [-0.25, -0.2) is 4.79 Å². The van der Waals surface area contributed by atoms with E-state index in [1.165, 1.54) is 23.3 Å². The predicted molar refractivity (Wildman–Crippen MR) is 127 cm³/mol. The van der Waals surface area contributed by atoms with Crippen LogP contribution in [0.5, 0.6) is 5.75 Å². The Morgan fingerprint density at radius 2 is 1.94 bits per heavy atom. The fourth-order valence-electron chi connectivity index (χ4n) is 3.59. The van der Waals surface area contributed by atoms with Crippen LogP contribution in [-0.2, 0) is 17.6 Å². The summed E-state index contributed by atoms with van der Waals surface area (Å²) in [6.07, 6.45) is 7.05. The molecular formula is C23H28N2O4S2. The van der Waals surface area contributed by atoms with Gasteiger partial charge in [-0.15, -0.1) is 11.3 Å². The van der Waals surface area contributed by atoms with Gasteiger partial charge < -0.3 is 14.8 Å². The lowest BCUT2D eigenvalue weighted by atomic mass is 9.95. The lowest BCUT2D eigenvalue weighted by Crippen LogP contribution is -2.34. The Bertz CT molecular complexity index is 955. The van der Waals surface area contributed by atoms with Crippen LogP contribution in [0.15, 0.2) is 24.3 Å². The van der Waals surface area contributed by atoms with E-state index in [0.717, 1.165) is 50.5 Å². The fourth-order valence-corrected chi connectivity index (χ4v) is 5.13. The van der Waals surface area contributed by atoms with Gasteiger partial charge in [-0.3, -0.25) is 10.1 Å². The van der Waals surface area contributed by atoms with Crippen LogP contribution in [0.3, 0.4) is 0 Å². The Labute approximate surface area is 192 Å². The average Bonchev–Trinajstić information content (AvgIpc) is 3.14. The highest BCUT2D eigenvalue weighted by Crippen LogP contribution is 2.38. The largest absolute Gasteiger partial charge is 0.493 e. The normalized spacial score (nSPS) is 12.6. The molecule has 1 aliphatic rings. The zero-order chi connectivity index (χ0) is 22.2. The molecule has 0 atom stereocenters. The van der Waals surface area contributed by atoms with E-state index in [2.05, 4.69) is 17.6 Å². The van der Waals surface area contributed by atoms with Crippen LogP contribution >= 0.6 is 23.6 Å². The minimum Gasteiger partial charge on any atom is -0.493 e. The molecule has 0 radical (unpaired) electrons. The number of esters is 1. The van der Waals surface area contributed by atoms with Gasteiger partial charge in [0, 0.05) is 4.88 Å². The first-order chi connectivity index (χ1) is 15.0. The quantitative estimate of drug-likeness (QED) is 0.324. The monoisotopic (exact) mass is 460 g/mol. The SMILES string of the molecule is CCCCCOc1ccccc1C(=O)NC(=S)Nc1sc2c(c1C(=O)OC)CCCC2. The maximum atomic E-state index is 12.8. The number of aryl methyl sites for hydroxylation is 1. The second-order valence-electron chi connectivity index (χ2n) is 7.37. The van der Waals surface area contributed by atoms with Crippen molar-refractivity contribution in [1.29, 1.82) is 0 Å². The molecule has 2 aromatic rings. The second kappa shape index (κ2) is 11.2. The van der Waals surface area contributed by atoms with E-state index in [0.29, 0.717) is 28.5 Å². The van der Waals surface area contributed by atoms with Gasteiger partial charge in [0.05, 0.1) is 24.8 Å². The summed E-state index contributed by atoms with van der Waals surface area (Å²) in [6, 6.07) is 7.10. The Kier molecular flexibility index (Phi) is 8.43. The molecule has 1 aromatic heterocycles. The van der Waals surface area contributed by atoms with Gasteiger partial charge in [-0.2, -0.15) is 0 Å². The number of unbranched alkanes of at least 4 members (excludes halogenated alkanes) is 2. The molecule has 8 heteroatoms. The van der Waals surface area contributed by atoms with E-state index < -0.39 is 0 Å². The Balaban J connectivity index is 1.70. The predicted octanol–water partition coefficient (Wildman–Crippen LogP) is 5.11. The number of thiocarbonyl (C=S) groups is 1. The minimum absolute atomic E-state index is 0.134. The standard InChI is InChI=1S/C23H28N2O4S2/c1-3-4-9-14-29-17-12-7-5-10-15(17)20(26)24-23(30)25-21-19(22(27)28-2)16-11-6-8-13-18(16)31-21/h5,7,10,12H,3-4,6,8-9,11,13-14H2,1-2H3,(H2,24,25,26,30). The first kappa shape index (κ1) is 23.2. The van der Waals surface area contributed by atoms with Gasteiger partial charge in [0.15, 0.2) is 5.11 Å². The van der Waals surface area contributed by atoms with Crippen molar-refractivity contribution in [2.24, 2.45) is 0 Å². The molecule has 166 valence electrons. The molecule has 2 N–H and O–H groups in total. The molecule has 0 fully saturated rings. The number of carbonyl (C=O) groups excluding carboxylic acids is 2. The van der Waals surface area contributed by atoms with E-state index in [4.69, 9.17) is 21.7 Å². The molecular weight excluding hydrogens is 432 g/mol. The summed E-state index contributed by atoms with van der Waals surface area (Å²) >= 11 is 6.87. The lowest BCUT2D eigenvalue weighted by molar-refractivity contribution is 0.0601. The number of thiophene rings is 1. The van der Waals surface area contributed by atoms with Crippen LogP contribution in [0.1, 0.15) is 70.2 Å². The summed E-state index contributed by atoms with van der Waals surface area (Å²) in [5, 5.41) is 6.50. The molecule has 1 aliphatic carbocycles. The van der Waals surface area contributed by atoms with Crippen molar-refractivity contribution in [2.75, 3.05) is 19.0 Å². The molecule has 0 bridgehead atoms. The molecule has 0 saturated heterocycles. The van der Waals surface area contributed by atoms with Crippen LogP contribution in [0.2, 0.25) is 0 Å². The first-order valence-electron chi connectivity index (χ1n) is 10.6. The number of ether oxygens (including phenoxy) is 2. The topological polar surface area (TPSA) is 76.7 Å². The smallest absolute Gasteiger partial charge is 0.341 e. The van der Waals surface area contributed by atoms with E-state index in [1.54, 1.807) is 18.2 Å². The second-order valence-corrected chi connectivity index (χ2v) is 8.88. The Morgan fingerprint density at radius 3 is 2.71 bits per heavy atom. The van der Waals surface area contributed by atoms with Crippen LogP contribution < -0.4 is 15.4 Å². The summed E-state index contributed by atoms with van der Waals surface area (Å²) in [7, 11) is 1.37. The van der Waals surface area contributed by atoms with Crippen LogP contribution in [0.4, 0.5) is 5.00 Å². The highest BCUT2D eigenvalue weighted by molar-refractivity contribution is 7.80. The number of rotatable bonds is 8. The molecule has 1 aromatic carbocycles. The van der Waals surface area contributed by atoms with Gasteiger partial charge in [0.2, 0.25) is 0 Å². The van der Waals surface area contributed by atoms with Crippen molar-refractivity contribution >= 4 is 45.5 Å². The number of amides is 1. The van der Waals surface area contributed by atoms with Crippen LogP contribution in [0.25, 0.3) is 0 Å². The van der Waals surface area contributed by atoms with Crippen LogP contribution in [-0.4, -0.2) is 30.7 Å². The minimum atomic E-state index is -0.387. The molecule has 0 saturated carbocycles. The highest BCUT2D eigenvalue weighted by Gasteiger charge is 2.26. The van der Waals surface area contributed by atoms with Crippen molar-refractivity contribution in [3.8, 4) is 5.75 Å². The van der Waals surface area contributed by atoms with Crippen molar-refractivity contribution in [3.05, 3.63) is 45.8 Å². The van der Waals surface area contributed by atoms with Gasteiger partial charge >= 0.3 is 5.97 Å². The number of benzene rings is 1. The number of carbonyl (C=O) groups is 2. The Morgan fingerprint density at radius 1 is 1.16 bits per heavy atom. The van der Waals surface area contributed by atoms with Crippen molar-refractivity contribution in [1.82, 2.24) is 5.32 Å². The number of fused-ring (bicyclic) bond motifs is 1. The summed E-state index contributed by atoms with van der Waals surface area (Å²) in [4.78, 5) is 26.4. The average molecular weight is 461 g/mol. The Hall–Kier alpha value is -2.45. The third-order valence-electron chi connectivity index (χ3n) is 5.15. The van der Waals surface area contributed by atoms with Gasteiger partial charge in [-0.1, -0.05) is 31.9 Å². The third-order valence-corrected chi connectivity index (χ3v) is 6.56. The summed E-state index contributed by atoms with van der Waals surface area (Å²) in [6.45, 7) is 2.69. The maximum Gasteiger partial charge on any atom is 0.341 e. The van der Waals surface area contributed by atoms with Gasteiger partial charge in [-0.05, 0) is 62.0 Å². The number of hydrogen-bond donors (Lipinski definition) is 2. The maximum absolute atomic E-state index is 12.8. The molecule has 3 rings (SSSR count). The summed E-state index contributed by atoms with van der Waals surface area (Å²) in [5.74, 6) is -0.216. The number of hydrogen-bond acceptors (Lipinski definition) is 6. The molecule has 1 amide bonds. The van der Waals surface area contributed by atoms with Gasteiger partial charge in [0.1, 0.15) is 10.8 Å². The summed E-state index contributed by atoms with van der Waals surface area (Å²) < 4.78 is 10.8. The third kappa shape index (κ3) is 5.83. The first-order valence-corrected chi connectivity index (χ1v) is 11.8. The van der Waals surface area contributed by atoms with E-state index in [9.17, 15) is 9.59 Å². The van der Waals surface area contributed by atoms with E-state index >= 15 is 0 Å². The zero-order valence-corrected chi connectivity index (χ0v) is 19.5. The fraction of sp³-hybridized carbons (Fsp3) is 0.435. The number of anilines is 1. The molecule has 0 spiro atoms. The number of nitrogens with one attached hydrogen (secondary N) is 2. The molecule has 0 aliphatic heterocycles. The number of methoxy groups -OCH3 is 1.